The average Bonchev–Trinajstić information content (AvgIpc) is 3.01. The number of para-hydroxylation sites is 1. The lowest BCUT2D eigenvalue weighted by Crippen LogP contribution is -2.03. The summed E-state index contributed by atoms with van der Waals surface area (Å²) in [6.45, 7) is 0.153. The van der Waals surface area contributed by atoms with Crippen molar-refractivity contribution in [3.8, 4) is 23.0 Å². The molecule has 1 atom stereocenters. The SMILES string of the molecule is COc1ccccc1C(O)c1cc(OC)c2c(c1)OCO2. The van der Waals surface area contributed by atoms with E-state index in [2.05, 4.69) is 0 Å². The molecule has 1 aliphatic rings. The molecule has 1 N–H and O–H groups in total. The topological polar surface area (TPSA) is 57.2 Å². The molecule has 3 rings (SSSR count). The first-order chi connectivity index (χ1) is 10.2. The molecule has 0 aromatic heterocycles. The molecule has 5 heteroatoms. The lowest BCUT2D eigenvalue weighted by Gasteiger charge is -2.16. The van der Waals surface area contributed by atoms with Crippen molar-refractivity contribution in [2.24, 2.45) is 0 Å². The maximum absolute atomic E-state index is 10.6. The molecule has 1 heterocycles. The Hall–Kier alpha value is -2.40. The number of fused-ring (bicyclic) bond motifs is 1. The zero-order valence-electron chi connectivity index (χ0n) is 11.8. The second kappa shape index (κ2) is 5.54. The molecular formula is C16H16O5. The Balaban J connectivity index is 2.04. The Labute approximate surface area is 122 Å². The van der Waals surface area contributed by atoms with Crippen molar-refractivity contribution in [2.75, 3.05) is 21.0 Å². The van der Waals surface area contributed by atoms with Gasteiger partial charge in [-0.2, -0.15) is 0 Å². The molecule has 1 aliphatic heterocycles. The van der Waals surface area contributed by atoms with Crippen molar-refractivity contribution in [1.82, 2.24) is 0 Å². The fourth-order valence-electron chi connectivity index (χ4n) is 2.38. The number of rotatable bonds is 4. The molecule has 0 amide bonds. The molecule has 0 saturated carbocycles. The molecule has 0 aliphatic carbocycles. The molecule has 0 saturated heterocycles. The Morgan fingerprint density at radius 1 is 1.05 bits per heavy atom. The van der Waals surface area contributed by atoms with Gasteiger partial charge in [-0.25, -0.2) is 0 Å². The van der Waals surface area contributed by atoms with Crippen LogP contribution in [0.15, 0.2) is 36.4 Å². The number of hydrogen-bond acceptors (Lipinski definition) is 5. The van der Waals surface area contributed by atoms with Crippen molar-refractivity contribution >= 4 is 0 Å². The van der Waals surface area contributed by atoms with Crippen LogP contribution in [-0.4, -0.2) is 26.1 Å². The number of hydrogen-bond donors (Lipinski definition) is 1. The fourth-order valence-corrected chi connectivity index (χ4v) is 2.38. The first-order valence-corrected chi connectivity index (χ1v) is 6.53. The third-order valence-electron chi connectivity index (χ3n) is 3.43. The standard InChI is InChI=1S/C16H16O5/c1-18-12-6-4-3-5-11(12)15(17)10-7-13(19-2)16-14(8-10)20-9-21-16/h3-8,15,17H,9H2,1-2H3. The van der Waals surface area contributed by atoms with Crippen LogP contribution in [-0.2, 0) is 0 Å². The summed E-state index contributed by atoms with van der Waals surface area (Å²) in [4.78, 5) is 0. The van der Waals surface area contributed by atoms with E-state index in [9.17, 15) is 5.11 Å². The minimum Gasteiger partial charge on any atom is -0.496 e. The first-order valence-electron chi connectivity index (χ1n) is 6.53. The van der Waals surface area contributed by atoms with Gasteiger partial charge in [-0.05, 0) is 23.8 Å². The van der Waals surface area contributed by atoms with E-state index in [1.807, 2.05) is 24.3 Å². The molecule has 2 aromatic carbocycles. The summed E-state index contributed by atoms with van der Waals surface area (Å²) in [5, 5.41) is 10.6. The summed E-state index contributed by atoms with van der Waals surface area (Å²) >= 11 is 0. The van der Waals surface area contributed by atoms with E-state index in [1.54, 1.807) is 26.4 Å². The number of methoxy groups -OCH3 is 2. The number of aliphatic hydroxyl groups is 1. The van der Waals surface area contributed by atoms with Crippen LogP contribution in [0.25, 0.3) is 0 Å². The first kappa shape index (κ1) is 13.6. The number of aliphatic hydroxyl groups excluding tert-OH is 1. The Bertz CT molecular complexity index is 653. The van der Waals surface area contributed by atoms with Crippen molar-refractivity contribution in [3.63, 3.8) is 0 Å². The quantitative estimate of drug-likeness (QED) is 0.936. The monoisotopic (exact) mass is 288 g/mol. The fraction of sp³-hybridized carbons (Fsp3) is 0.250. The van der Waals surface area contributed by atoms with Crippen molar-refractivity contribution < 1.29 is 24.1 Å². The number of benzene rings is 2. The van der Waals surface area contributed by atoms with Gasteiger partial charge in [0, 0.05) is 5.56 Å². The zero-order chi connectivity index (χ0) is 14.8. The minimum absolute atomic E-state index is 0.153. The second-order valence-corrected chi connectivity index (χ2v) is 4.60. The van der Waals surface area contributed by atoms with Crippen LogP contribution < -0.4 is 18.9 Å². The van der Waals surface area contributed by atoms with Gasteiger partial charge in [0.1, 0.15) is 11.9 Å². The van der Waals surface area contributed by atoms with Gasteiger partial charge in [0.05, 0.1) is 14.2 Å². The summed E-state index contributed by atoms with van der Waals surface area (Å²) in [7, 11) is 3.13. The summed E-state index contributed by atoms with van der Waals surface area (Å²) in [6.07, 6.45) is -0.843. The van der Waals surface area contributed by atoms with Gasteiger partial charge in [0.15, 0.2) is 11.5 Å². The third kappa shape index (κ3) is 2.36. The second-order valence-electron chi connectivity index (χ2n) is 4.60. The zero-order valence-corrected chi connectivity index (χ0v) is 11.8. The van der Waals surface area contributed by atoms with Gasteiger partial charge in [0.25, 0.3) is 0 Å². The van der Waals surface area contributed by atoms with Crippen molar-refractivity contribution in [2.45, 2.75) is 6.10 Å². The molecule has 1 unspecified atom stereocenters. The Morgan fingerprint density at radius 3 is 2.57 bits per heavy atom. The van der Waals surface area contributed by atoms with Crippen LogP contribution in [0.4, 0.5) is 0 Å². The van der Waals surface area contributed by atoms with Crippen LogP contribution in [0.2, 0.25) is 0 Å². The van der Waals surface area contributed by atoms with Gasteiger partial charge < -0.3 is 24.1 Å². The highest BCUT2D eigenvalue weighted by Gasteiger charge is 2.24. The molecule has 0 bridgehead atoms. The number of ether oxygens (including phenoxy) is 4. The van der Waals surface area contributed by atoms with E-state index in [0.29, 0.717) is 34.1 Å². The summed E-state index contributed by atoms with van der Waals surface area (Å²) in [5.41, 5.74) is 1.33. The molecule has 0 radical (unpaired) electrons. The smallest absolute Gasteiger partial charge is 0.231 e. The predicted octanol–water partition coefficient (Wildman–Crippen LogP) is 2.51. The van der Waals surface area contributed by atoms with Gasteiger partial charge >= 0.3 is 0 Å². The molecule has 5 nitrogen and oxygen atoms in total. The van der Waals surface area contributed by atoms with E-state index < -0.39 is 6.10 Å². The molecule has 110 valence electrons. The maximum atomic E-state index is 10.6. The van der Waals surface area contributed by atoms with E-state index in [1.165, 1.54) is 0 Å². The van der Waals surface area contributed by atoms with Crippen LogP contribution in [0, 0.1) is 0 Å². The van der Waals surface area contributed by atoms with Gasteiger partial charge in [0.2, 0.25) is 12.5 Å². The van der Waals surface area contributed by atoms with E-state index in [-0.39, 0.29) is 6.79 Å². The van der Waals surface area contributed by atoms with E-state index in [0.717, 1.165) is 0 Å². The Morgan fingerprint density at radius 2 is 1.81 bits per heavy atom. The van der Waals surface area contributed by atoms with Gasteiger partial charge in [-0.1, -0.05) is 18.2 Å². The highest BCUT2D eigenvalue weighted by atomic mass is 16.7. The van der Waals surface area contributed by atoms with Crippen molar-refractivity contribution in [3.05, 3.63) is 47.5 Å². The lowest BCUT2D eigenvalue weighted by atomic mass is 10.00. The predicted molar refractivity (Wildman–Crippen MR) is 76.2 cm³/mol. The maximum Gasteiger partial charge on any atom is 0.231 e. The third-order valence-corrected chi connectivity index (χ3v) is 3.43. The van der Waals surface area contributed by atoms with Crippen LogP contribution in [0.3, 0.4) is 0 Å². The summed E-state index contributed by atoms with van der Waals surface area (Å²) in [6, 6.07) is 10.8. The van der Waals surface area contributed by atoms with E-state index in [4.69, 9.17) is 18.9 Å². The highest BCUT2D eigenvalue weighted by Crippen LogP contribution is 2.44. The summed E-state index contributed by atoms with van der Waals surface area (Å²) < 4.78 is 21.3. The van der Waals surface area contributed by atoms with Gasteiger partial charge in [-0.15, -0.1) is 0 Å². The molecule has 2 aromatic rings. The minimum atomic E-state index is -0.843. The van der Waals surface area contributed by atoms with Crippen LogP contribution >= 0.6 is 0 Å². The normalized spacial score (nSPS) is 13.9. The van der Waals surface area contributed by atoms with Gasteiger partial charge in [-0.3, -0.25) is 0 Å². The van der Waals surface area contributed by atoms with Crippen LogP contribution in [0.1, 0.15) is 17.2 Å². The summed E-state index contributed by atoms with van der Waals surface area (Å²) in [5.74, 6) is 2.29. The Kier molecular flexibility index (Phi) is 3.58. The molecule has 21 heavy (non-hydrogen) atoms. The van der Waals surface area contributed by atoms with E-state index >= 15 is 0 Å². The molecule has 0 fully saturated rings. The largest absolute Gasteiger partial charge is 0.496 e. The molecular weight excluding hydrogens is 272 g/mol. The lowest BCUT2D eigenvalue weighted by molar-refractivity contribution is 0.171. The molecule has 0 spiro atoms. The average molecular weight is 288 g/mol. The van der Waals surface area contributed by atoms with Crippen LogP contribution in [0.5, 0.6) is 23.0 Å². The highest BCUT2D eigenvalue weighted by molar-refractivity contribution is 5.56. The van der Waals surface area contributed by atoms with Crippen molar-refractivity contribution in [1.29, 1.82) is 0 Å².